The highest BCUT2D eigenvalue weighted by Crippen LogP contribution is 2.24. The highest BCUT2D eigenvalue weighted by Gasteiger charge is 2.10. The van der Waals surface area contributed by atoms with Gasteiger partial charge in [-0.2, -0.15) is 0 Å². The first-order valence-electron chi connectivity index (χ1n) is 6.73. The molecule has 0 radical (unpaired) electrons. The van der Waals surface area contributed by atoms with Crippen molar-refractivity contribution < 1.29 is 0 Å². The van der Waals surface area contributed by atoms with Crippen molar-refractivity contribution in [2.75, 3.05) is 0 Å². The number of hydrogen-bond donors (Lipinski definition) is 2. The number of aromatic nitrogens is 1. The lowest BCUT2D eigenvalue weighted by atomic mass is 10.1. The number of aryl methyl sites for hydroxylation is 2. The minimum absolute atomic E-state index is 0.397. The van der Waals surface area contributed by atoms with Gasteiger partial charge in [0.2, 0.25) is 0 Å². The van der Waals surface area contributed by atoms with Gasteiger partial charge < -0.3 is 15.2 Å². The Morgan fingerprint density at radius 2 is 2.00 bits per heavy atom. The zero-order chi connectivity index (χ0) is 14.0. The van der Waals surface area contributed by atoms with Gasteiger partial charge in [-0.3, -0.25) is 0 Å². The monoisotopic (exact) mass is 257 g/mol. The van der Waals surface area contributed by atoms with E-state index in [0.717, 1.165) is 12.4 Å². The Morgan fingerprint density at radius 1 is 1.32 bits per heavy atom. The lowest BCUT2D eigenvalue weighted by Gasteiger charge is -2.15. The van der Waals surface area contributed by atoms with Gasteiger partial charge in [0.1, 0.15) is 0 Å². The molecule has 102 valence electrons. The number of para-hydroxylation sites is 1. The van der Waals surface area contributed by atoms with Gasteiger partial charge in [-0.1, -0.05) is 24.8 Å². The molecule has 0 spiro atoms. The van der Waals surface area contributed by atoms with Crippen LogP contribution in [0.2, 0.25) is 0 Å². The van der Waals surface area contributed by atoms with Gasteiger partial charge in [0, 0.05) is 29.7 Å². The van der Waals surface area contributed by atoms with Crippen LogP contribution in [0.25, 0.3) is 10.9 Å². The molecule has 0 amide bonds. The van der Waals surface area contributed by atoms with Crippen molar-refractivity contribution in [3.63, 3.8) is 0 Å². The third kappa shape index (κ3) is 2.75. The van der Waals surface area contributed by atoms with E-state index >= 15 is 0 Å². The third-order valence-electron chi connectivity index (χ3n) is 3.44. The molecule has 2 N–H and O–H groups in total. The first-order valence-corrected chi connectivity index (χ1v) is 6.73. The van der Waals surface area contributed by atoms with Crippen molar-refractivity contribution >= 4 is 10.9 Å². The summed E-state index contributed by atoms with van der Waals surface area (Å²) >= 11 is 0. The molecule has 0 bridgehead atoms. The van der Waals surface area contributed by atoms with Crippen LogP contribution >= 0.6 is 0 Å². The number of rotatable bonds is 5. The fourth-order valence-corrected chi connectivity index (χ4v) is 2.48. The average molecular weight is 257 g/mol. The first-order chi connectivity index (χ1) is 9.00. The molecule has 1 aromatic carbocycles. The fraction of sp³-hybridized carbons (Fsp3) is 0.375. The van der Waals surface area contributed by atoms with E-state index in [2.05, 4.69) is 73.9 Å². The molecule has 3 heteroatoms. The van der Waals surface area contributed by atoms with E-state index in [4.69, 9.17) is 0 Å². The summed E-state index contributed by atoms with van der Waals surface area (Å²) in [6.45, 7) is 11.2. The number of hydrogen-bond acceptors (Lipinski definition) is 2. The maximum absolute atomic E-state index is 3.99. The largest absolute Gasteiger partial charge is 0.370 e. The number of fused-ring (bicyclic) bond motifs is 1. The minimum Gasteiger partial charge on any atom is -0.370 e. The van der Waals surface area contributed by atoms with E-state index in [0.29, 0.717) is 6.04 Å². The molecule has 19 heavy (non-hydrogen) atoms. The van der Waals surface area contributed by atoms with Crippen LogP contribution in [0.4, 0.5) is 0 Å². The summed E-state index contributed by atoms with van der Waals surface area (Å²) in [7, 11) is 2.12. The molecular formula is C16H23N3. The maximum Gasteiger partial charge on any atom is 0.0917 e. The van der Waals surface area contributed by atoms with E-state index in [1.54, 1.807) is 0 Å². The summed E-state index contributed by atoms with van der Waals surface area (Å²) in [5.41, 5.74) is 3.91. The van der Waals surface area contributed by atoms with Gasteiger partial charge in [0.15, 0.2) is 0 Å². The lowest BCUT2D eigenvalue weighted by molar-refractivity contribution is 0.600. The van der Waals surface area contributed by atoms with Crippen LogP contribution in [-0.4, -0.2) is 10.6 Å². The molecule has 0 saturated heterocycles. The van der Waals surface area contributed by atoms with Crippen LogP contribution in [0.1, 0.15) is 25.1 Å². The molecule has 0 atom stereocenters. The van der Waals surface area contributed by atoms with Crippen LogP contribution < -0.4 is 10.6 Å². The summed E-state index contributed by atoms with van der Waals surface area (Å²) in [6.07, 6.45) is 0. The summed E-state index contributed by atoms with van der Waals surface area (Å²) in [6, 6.07) is 8.90. The van der Waals surface area contributed by atoms with E-state index in [1.807, 2.05) is 0 Å². The number of benzene rings is 1. The molecule has 0 aliphatic heterocycles. The van der Waals surface area contributed by atoms with Gasteiger partial charge in [-0.25, -0.2) is 0 Å². The highest BCUT2D eigenvalue weighted by atomic mass is 15.1. The standard InChI is InChI=1S/C16H23N3/c1-11(2)18-13(4)17-10-16-12(3)14-8-6-7-9-15(14)19(16)5/h6-9,11,17-18H,4,10H2,1-3,5H3. The molecule has 0 aliphatic carbocycles. The van der Waals surface area contributed by atoms with Crippen LogP contribution in [0.5, 0.6) is 0 Å². The zero-order valence-electron chi connectivity index (χ0n) is 12.2. The molecule has 0 unspecified atom stereocenters. The van der Waals surface area contributed by atoms with Crippen molar-refractivity contribution in [1.29, 1.82) is 0 Å². The SMILES string of the molecule is C=C(NCc1c(C)c2ccccc2n1C)NC(C)C. The Balaban J connectivity index is 2.19. The predicted molar refractivity (Wildman–Crippen MR) is 81.9 cm³/mol. The average Bonchev–Trinajstić information content (AvgIpc) is 2.60. The van der Waals surface area contributed by atoms with E-state index in [9.17, 15) is 0 Å². The van der Waals surface area contributed by atoms with E-state index in [1.165, 1.54) is 22.2 Å². The van der Waals surface area contributed by atoms with Crippen molar-refractivity contribution in [3.8, 4) is 0 Å². The summed E-state index contributed by atoms with van der Waals surface area (Å²) in [4.78, 5) is 0. The van der Waals surface area contributed by atoms with Crippen molar-refractivity contribution in [1.82, 2.24) is 15.2 Å². The summed E-state index contributed by atoms with van der Waals surface area (Å²) in [5, 5.41) is 7.94. The zero-order valence-corrected chi connectivity index (χ0v) is 12.2. The molecule has 3 nitrogen and oxygen atoms in total. The molecule has 1 aromatic heterocycles. The Bertz CT molecular complexity index is 554. The Morgan fingerprint density at radius 3 is 2.63 bits per heavy atom. The third-order valence-corrected chi connectivity index (χ3v) is 3.44. The van der Waals surface area contributed by atoms with Crippen LogP contribution in [-0.2, 0) is 13.6 Å². The maximum atomic E-state index is 3.99. The normalized spacial score (nSPS) is 11.0. The quantitative estimate of drug-likeness (QED) is 0.862. The smallest absolute Gasteiger partial charge is 0.0917 e. The minimum atomic E-state index is 0.397. The molecule has 0 saturated carbocycles. The second-order valence-electron chi connectivity index (χ2n) is 5.28. The fourth-order valence-electron chi connectivity index (χ4n) is 2.48. The van der Waals surface area contributed by atoms with Crippen molar-refractivity contribution in [3.05, 3.63) is 47.9 Å². The van der Waals surface area contributed by atoms with Gasteiger partial charge in [0.25, 0.3) is 0 Å². The van der Waals surface area contributed by atoms with Crippen LogP contribution in [0.15, 0.2) is 36.7 Å². The van der Waals surface area contributed by atoms with Crippen molar-refractivity contribution in [2.45, 2.75) is 33.4 Å². The van der Waals surface area contributed by atoms with Gasteiger partial charge in [0.05, 0.1) is 12.4 Å². The number of nitrogens with zero attached hydrogens (tertiary/aromatic N) is 1. The second kappa shape index (κ2) is 5.39. The topological polar surface area (TPSA) is 29.0 Å². The first kappa shape index (κ1) is 13.5. The van der Waals surface area contributed by atoms with Gasteiger partial charge in [-0.15, -0.1) is 0 Å². The van der Waals surface area contributed by atoms with E-state index in [-0.39, 0.29) is 0 Å². The molecule has 2 rings (SSSR count). The van der Waals surface area contributed by atoms with Crippen LogP contribution in [0, 0.1) is 6.92 Å². The van der Waals surface area contributed by atoms with E-state index < -0.39 is 0 Å². The second-order valence-corrected chi connectivity index (χ2v) is 5.28. The molecule has 0 aliphatic rings. The summed E-state index contributed by atoms with van der Waals surface area (Å²) < 4.78 is 2.25. The summed E-state index contributed by atoms with van der Waals surface area (Å²) in [5.74, 6) is 0.875. The molecule has 1 heterocycles. The predicted octanol–water partition coefficient (Wildman–Crippen LogP) is 3.05. The lowest BCUT2D eigenvalue weighted by Crippen LogP contribution is -2.30. The Hall–Kier alpha value is -1.90. The Kier molecular flexibility index (Phi) is 3.84. The highest BCUT2D eigenvalue weighted by molar-refractivity contribution is 5.85. The van der Waals surface area contributed by atoms with Crippen LogP contribution in [0.3, 0.4) is 0 Å². The number of nitrogens with one attached hydrogen (secondary N) is 2. The van der Waals surface area contributed by atoms with Gasteiger partial charge in [-0.05, 0) is 32.4 Å². The van der Waals surface area contributed by atoms with Gasteiger partial charge >= 0.3 is 0 Å². The molecular weight excluding hydrogens is 234 g/mol. The molecule has 0 fully saturated rings. The Labute approximate surface area is 115 Å². The van der Waals surface area contributed by atoms with Crippen molar-refractivity contribution in [2.24, 2.45) is 7.05 Å². The molecule has 2 aromatic rings.